The maximum absolute atomic E-state index is 5.67. The Labute approximate surface area is 103 Å². The van der Waals surface area contributed by atoms with Crippen molar-refractivity contribution in [1.82, 2.24) is 0 Å². The van der Waals surface area contributed by atoms with Crippen molar-refractivity contribution in [3.63, 3.8) is 0 Å². The fourth-order valence-electron chi connectivity index (χ4n) is 0.932. The van der Waals surface area contributed by atoms with Crippen LogP contribution < -0.4 is 4.74 Å². The number of rotatable bonds is 3. The summed E-state index contributed by atoms with van der Waals surface area (Å²) in [7, 11) is 0. The number of hydrogen-bond acceptors (Lipinski definition) is 1. The summed E-state index contributed by atoms with van der Waals surface area (Å²) in [5.74, 6) is 0.975. The van der Waals surface area contributed by atoms with Gasteiger partial charge in [-0.3, -0.25) is 0 Å². The Balaban J connectivity index is 0.000000791. The first-order valence-electron chi connectivity index (χ1n) is 4.64. The first-order valence-corrected chi connectivity index (χ1v) is 11.6. The molecule has 1 nitrogen and oxygen atoms in total. The summed E-state index contributed by atoms with van der Waals surface area (Å²) in [6.07, 6.45) is 1.34. The van der Waals surface area contributed by atoms with E-state index in [1.807, 2.05) is 25.1 Å². The number of aryl methyl sites for hydroxylation is 1. The summed E-state index contributed by atoms with van der Waals surface area (Å²) in [5.41, 5.74) is 1.15. The Kier molecular flexibility index (Phi) is 8.51. The van der Waals surface area contributed by atoms with Crippen LogP contribution in [0, 0.1) is 13.0 Å². The van der Waals surface area contributed by atoms with Crippen LogP contribution in [0.5, 0.6) is 5.75 Å². The van der Waals surface area contributed by atoms with E-state index in [-0.39, 0.29) is 0 Å². The Morgan fingerprint density at radius 1 is 1.57 bits per heavy atom. The van der Waals surface area contributed by atoms with Gasteiger partial charge in [-0.1, -0.05) is 13.8 Å². The summed E-state index contributed by atoms with van der Waals surface area (Å²) in [6, 6.07) is 8.79. The summed E-state index contributed by atoms with van der Waals surface area (Å²) in [6.45, 7) is 6.24. The molecule has 0 aliphatic heterocycles. The molecule has 0 aromatic heterocycles. The average Bonchev–Trinajstić information content (AvgIpc) is 2.24. The van der Waals surface area contributed by atoms with Gasteiger partial charge in [0.2, 0.25) is 0 Å². The van der Waals surface area contributed by atoms with Gasteiger partial charge in [-0.05, 0) is 13.3 Å². The predicted octanol–water partition coefficient (Wildman–Crippen LogP) is 3.82. The number of ether oxygens (including phenoxy) is 1. The Hall–Kier alpha value is 0.123. The molecule has 74 valence electrons. The molecule has 0 fully saturated rings. The summed E-state index contributed by atoms with van der Waals surface area (Å²) >= 11 is 4.25. The van der Waals surface area contributed by atoms with Crippen LogP contribution in [0.25, 0.3) is 0 Å². The second-order valence-electron chi connectivity index (χ2n) is 3.03. The van der Waals surface area contributed by atoms with Crippen LogP contribution in [0.2, 0.25) is 0 Å². The van der Waals surface area contributed by atoms with Crippen molar-refractivity contribution < 1.29 is 21.1 Å². The molecule has 3 heteroatoms. The van der Waals surface area contributed by atoms with E-state index in [0.717, 1.165) is 17.7 Å². The van der Waals surface area contributed by atoms with Crippen molar-refractivity contribution in [2.24, 2.45) is 0 Å². The molecule has 14 heavy (non-hydrogen) atoms. The molecule has 0 amide bonds. The molecule has 1 unspecified atom stereocenters. The van der Waals surface area contributed by atoms with Gasteiger partial charge in [0.1, 0.15) is 0 Å². The van der Waals surface area contributed by atoms with Crippen LogP contribution in [-0.4, -0.2) is 6.10 Å². The molecule has 0 heterocycles. The molecule has 0 aliphatic rings. The monoisotopic (exact) mass is 306 g/mol. The van der Waals surface area contributed by atoms with Gasteiger partial charge in [0.25, 0.3) is 0 Å². The van der Waals surface area contributed by atoms with E-state index in [9.17, 15) is 0 Å². The molecule has 0 spiro atoms. The molecule has 0 N–H and O–H groups in total. The van der Waals surface area contributed by atoms with Gasteiger partial charge in [-0.25, -0.2) is 0 Å². The van der Waals surface area contributed by atoms with E-state index in [1.165, 1.54) is 16.3 Å². The second-order valence-corrected chi connectivity index (χ2v) is 3.03. The number of halogens is 1. The Morgan fingerprint density at radius 2 is 2.21 bits per heavy atom. The van der Waals surface area contributed by atoms with E-state index in [4.69, 9.17) is 4.74 Å². The number of benzene rings is 1. The molecule has 0 bridgehead atoms. The summed E-state index contributed by atoms with van der Waals surface area (Å²) < 4.78 is 5.67. The molecule has 1 atom stereocenters. The average molecular weight is 309 g/mol. The molecule has 0 saturated carbocycles. The molecule has 1 aromatic rings. The minimum atomic E-state index is 0.297. The van der Waals surface area contributed by atoms with Crippen molar-refractivity contribution in [1.29, 1.82) is 0 Å². The van der Waals surface area contributed by atoms with E-state index in [2.05, 4.69) is 33.5 Å². The third-order valence-corrected chi connectivity index (χ3v) is 1.92. The van der Waals surface area contributed by atoms with Crippen molar-refractivity contribution in [3.05, 3.63) is 29.8 Å². The molecule has 0 radical (unpaired) electrons. The van der Waals surface area contributed by atoms with Crippen LogP contribution in [0.3, 0.4) is 0 Å². The third kappa shape index (κ3) is 5.12. The van der Waals surface area contributed by atoms with Crippen molar-refractivity contribution in [2.45, 2.75) is 33.3 Å². The third-order valence-electron chi connectivity index (χ3n) is 1.92. The van der Waals surface area contributed by atoms with Crippen LogP contribution >= 0.6 is 13.6 Å². The fraction of sp³-hybridized carbons (Fsp3) is 0.455. The standard InChI is InChI=1S/C11H15O.BrH.Zn/c1-4-10(3)12-11-8-6-5-7-9(11)2;;/h6-8,10H,4H2,1-3H3;1H;/q-1;;+2/p-1. The Morgan fingerprint density at radius 3 is 2.71 bits per heavy atom. The fourth-order valence-corrected chi connectivity index (χ4v) is 0.932. The van der Waals surface area contributed by atoms with E-state index in [1.54, 1.807) is 0 Å². The topological polar surface area (TPSA) is 9.23 Å². The maximum atomic E-state index is 5.67. The summed E-state index contributed by atoms with van der Waals surface area (Å²) in [5, 5.41) is 0. The van der Waals surface area contributed by atoms with Gasteiger partial charge >= 0.3 is 30.0 Å². The van der Waals surface area contributed by atoms with Crippen molar-refractivity contribution in [3.8, 4) is 5.75 Å². The zero-order valence-electron chi connectivity index (χ0n) is 9.01. The van der Waals surface area contributed by atoms with Gasteiger partial charge in [0.15, 0.2) is 0 Å². The molecular weight excluding hydrogens is 293 g/mol. The molecular formula is C11H15BrOZn. The normalized spacial score (nSPS) is 11.3. The minimum absolute atomic E-state index is 0.297. The van der Waals surface area contributed by atoms with Gasteiger partial charge in [-0.15, -0.1) is 11.6 Å². The molecule has 1 rings (SSSR count). The van der Waals surface area contributed by atoms with Gasteiger partial charge in [-0.2, -0.15) is 18.2 Å². The zero-order chi connectivity index (χ0) is 11.0. The van der Waals surface area contributed by atoms with Crippen molar-refractivity contribution >= 4 is 13.6 Å². The second kappa shape index (κ2) is 8.43. The van der Waals surface area contributed by atoms with E-state index in [0.29, 0.717) is 6.10 Å². The number of hydrogen-bond donors (Lipinski definition) is 0. The summed E-state index contributed by atoms with van der Waals surface area (Å²) in [4.78, 5) is 0. The SMILES string of the molecule is CCC(C)Oc1cc[c-]cc1C.[Zn+][Br]. The zero-order valence-corrected chi connectivity index (χ0v) is 13.6. The molecule has 0 aliphatic carbocycles. The van der Waals surface area contributed by atoms with Crippen LogP contribution in [0.1, 0.15) is 25.8 Å². The van der Waals surface area contributed by atoms with Gasteiger partial charge in [0.05, 0.1) is 6.10 Å². The first-order chi connectivity index (χ1) is 6.74. The van der Waals surface area contributed by atoms with Crippen LogP contribution in [0.4, 0.5) is 0 Å². The Bertz CT molecular complexity index is 253. The molecule has 0 saturated heterocycles. The van der Waals surface area contributed by atoms with Gasteiger partial charge < -0.3 is 4.74 Å². The van der Waals surface area contributed by atoms with Crippen LogP contribution in [0.15, 0.2) is 18.2 Å². The van der Waals surface area contributed by atoms with E-state index >= 15 is 0 Å². The predicted molar refractivity (Wildman–Crippen MR) is 59.3 cm³/mol. The van der Waals surface area contributed by atoms with Gasteiger partial charge in [0, 0.05) is 5.75 Å². The molecule has 1 aromatic carbocycles. The van der Waals surface area contributed by atoms with Crippen LogP contribution in [-0.2, 0) is 16.3 Å². The van der Waals surface area contributed by atoms with E-state index < -0.39 is 0 Å². The quantitative estimate of drug-likeness (QED) is 0.609. The van der Waals surface area contributed by atoms with Crippen molar-refractivity contribution in [2.75, 3.05) is 0 Å². The first kappa shape index (κ1) is 14.1.